The molecule has 31 heavy (non-hydrogen) atoms. The highest BCUT2D eigenvalue weighted by molar-refractivity contribution is 6.32. The predicted molar refractivity (Wildman–Crippen MR) is 117 cm³/mol. The van der Waals surface area contributed by atoms with Crippen LogP contribution in [0.1, 0.15) is 27.3 Å². The van der Waals surface area contributed by atoms with Crippen molar-refractivity contribution in [3.8, 4) is 17.2 Å². The Bertz CT molecular complexity index is 1110. The fourth-order valence-corrected chi connectivity index (χ4v) is 3.42. The highest BCUT2D eigenvalue weighted by Crippen LogP contribution is 2.36. The Hall–Kier alpha value is -3.52. The van der Waals surface area contributed by atoms with Gasteiger partial charge in [0.2, 0.25) is 0 Å². The van der Waals surface area contributed by atoms with E-state index in [1.165, 1.54) is 19.2 Å². The van der Waals surface area contributed by atoms with Gasteiger partial charge in [-0.1, -0.05) is 29.8 Å². The Morgan fingerprint density at radius 2 is 1.90 bits per heavy atom. The number of nitrogens with zero attached hydrogens (tertiary/aromatic N) is 2. The summed E-state index contributed by atoms with van der Waals surface area (Å²) in [4.78, 5) is 23.7. The number of rotatable bonds is 8. The number of halogens is 1. The van der Waals surface area contributed by atoms with E-state index in [1.807, 2.05) is 48.9 Å². The summed E-state index contributed by atoms with van der Waals surface area (Å²) in [5.41, 5.74) is 9.03. The van der Waals surface area contributed by atoms with E-state index in [-0.39, 0.29) is 29.0 Å². The van der Waals surface area contributed by atoms with Gasteiger partial charge in [-0.15, -0.1) is 0 Å². The number of nitrogens with one attached hydrogen (secondary N) is 1. The summed E-state index contributed by atoms with van der Waals surface area (Å²) in [5.74, 6) is -0.617. The summed E-state index contributed by atoms with van der Waals surface area (Å²) in [6, 6.07) is 12.7. The fraction of sp³-hybridized carbons (Fsp3) is 0.227. The molecule has 0 spiro atoms. The molecule has 162 valence electrons. The predicted octanol–water partition coefficient (Wildman–Crippen LogP) is 2.95. The lowest BCUT2D eigenvalue weighted by Gasteiger charge is -2.13. The molecule has 0 bridgehead atoms. The van der Waals surface area contributed by atoms with Gasteiger partial charge in [-0.05, 0) is 38.1 Å². The average Bonchev–Trinajstić information content (AvgIpc) is 3.04. The largest absolute Gasteiger partial charge is 0.493 e. The monoisotopic (exact) mass is 442 g/mol. The number of aromatic nitrogens is 2. The Balaban J connectivity index is 1.78. The fourth-order valence-electron chi connectivity index (χ4n) is 3.16. The van der Waals surface area contributed by atoms with E-state index in [1.54, 1.807) is 0 Å². The lowest BCUT2D eigenvalue weighted by Crippen LogP contribution is -2.24. The summed E-state index contributed by atoms with van der Waals surface area (Å²) in [7, 11) is 1.41. The summed E-state index contributed by atoms with van der Waals surface area (Å²) in [6.07, 6.45) is 0. The molecule has 3 rings (SSSR count). The number of para-hydroxylation sites is 1. The molecule has 9 heteroatoms. The molecule has 1 heterocycles. The van der Waals surface area contributed by atoms with Crippen LogP contribution in [-0.2, 0) is 11.3 Å². The third-order valence-electron chi connectivity index (χ3n) is 4.72. The Kier molecular flexibility index (Phi) is 6.81. The summed E-state index contributed by atoms with van der Waals surface area (Å²) >= 11 is 6.23. The zero-order valence-electron chi connectivity index (χ0n) is 17.4. The molecule has 0 unspecified atom stereocenters. The van der Waals surface area contributed by atoms with Crippen LogP contribution < -0.4 is 20.5 Å². The number of aryl methyl sites for hydroxylation is 1. The number of methoxy groups -OCH3 is 1. The van der Waals surface area contributed by atoms with Crippen LogP contribution in [0.15, 0.2) is 42.5 Å². The van der Waals surface area contributed by atoms with Crippen molar-refractivity contribution in [1.82, 2.24) is 15.1 Å². The first-order chi connectivity index (χ1) is 14.8. The summed E-state index contributed by atoms with van der Waals surface area (Å²) in [5, 5.41) is 7.61. The quantitative estimate of drug-likeness (QED) is 0.557. The maximum absolute atomic E-state index is 12.7. The summed E-state index contributed by atoms with van der Waals surface area (Å²) < 4.78 is 12.4. The molecule has 2 amide bonds. The third-order valence-corrected chi connectivity index (χ3v) is 5.00. The molecular formula is C22H23ClN4O4. The van der Waals surface area contributed by atoms with Gasteiger partial charge in [0.05, 0.1) is 23.5 Å². The van der Waals surface area contributed by atoms with E-state index in [4.69, 9.17) is 26.8 Å². The second-order valence-corrected chi connectivity index (χ2v) is 7.23. The van der Waals surface area contributed by atoms with Crippen LogP contribution in [0.25, 0.3) is 5.69 Å². The molecule has 0 radical (unpaired) electrons. The normalized spacial score (nSPS) is 10.6. The highest BCUT2D eigenvalue weighted by atomic mass is 35.5. The number of carbonyl (C=O) groups is 2. The van der Waals surface area contributed by atoms with Crippen molar-refractivity contribution in [2.45, 2.75) is 20.4 Å². The van der Waals surface area contributed by atoms with Gasteiger partial charge in [0.1, 0.15) is 0 Å². The van der Waals surface area contributed by atoms with Crippen LogP contribution in [0.3, 0.4) is 0 Å². The second-order valence-electron chi connectivity index (χ2n) is 6.82. The Labute approximate surface area is 184 Å². The number of nitrogens with two attached hydrogens (primary N) is 1. The van der Waals surface area contributed by atoms with Gasteiger partial charge in [-0.3, -0.25) is 9.59 Å². The topological polar surface area (TPSA) is 108 Å². The molecule has 0 saturated carbocycles. The van der Waals surface area contributed by atoms with Crippen molar-refractivity contribution in [3.63, 3.8) is 0 Å². The van der Waals surface area contributed by atoms with E-state index in [9.17, 15) is 9.59 Å². The Morgan fingerprint density at radius 1 is 1.19 bits per heavy atom. The van der Waals surface area contributed by atoms with Gasteiger partial charge in [0.15, 0.2) is 18.1 Å². The zero-order valence-corrected chi connectivity index (χ0v) is 18.2. The first-order valence-electron chi connectivity index (χ1n) is 9.49. The number of benzene rings is 2. The van der Waals surface area contributed by atoms with E-state index in [0.717, 1.165) is 22.6 Å². The van der Waals surface area contributed by atoms with Crippen LogP contribution in [0.5, 0.6) is 11.5 Å². The van der Waals surface area contributed by atoms with Crippen LogP contribution in [0, 0.1) is 13.8 Å². The van der Waals surface area contributed by atoms with Crippen molar-refractivity contribution in [2.24, 2.45) is 5.73 Å². The van der Waals surface area contributed by atoms with Crippen molar-refractivity contribution in [3.05, 3.63) is 70.0 Å². The first kappa shape index (κ1) is 22.2. The van der Waals surface area contributed by atoms with Gasteiger partial charge >= 0.3 is 0 Å². The SMILES string of the molecule is COc1cc(C(=O)NCc2c(C)nn(-c3ccccc3)c2C)cc(Cl)c1OCC(N)=O. The molecule has 2 aromatic carbocycles. The number of primary amides is 1. The van der Waals surface area contributed by atoms with E-state index in [2.05, 4.69) is 10.4 Å². The maximum Gasteiger partial charge on any atom is 0.255 e. The van der Waals surface area contributed by atoms with Gasteiger partial charge in [0, 0.05) is 23.4 Å². The Morgan fingerprint density at radius 3 is 2.55 bits per heavy atom. The van der Waals surface area contributed by atoms with Crippen LogP contribution >= 0.6 is 11.6 Å². The molecule has 0 aliphatic heterocycles. The van der Waals surface area contributed by atoms with Crippen molar-refractivity contribution in [2.75, 3.05) is 13.7 Å². The van der Waals surface area contributed by atoms with E-state index < -0.39 is 5.91 Å². The molecule has 0 atom stereocenters. The zero-order chi connectivity index (χ0) is 22.5. The molecule has 0 aliphatic rings. The minimum absolute atomic E-state index is 0.134. The number of hydrogen-bond donors (Lipinski definition) is 2. The highest BCUT2D eigenvalue weighted by Gasteiger charge is 2.18. The van der Waals surface area contributed by atoms with Crippen molar-refractivity contribution >= 4 is 23.4 Å². The molecule has 3 aromatic rings. The lowest BCUT2D eigenvalue weighted by atomic mass is 10.1. The van der Waals surface area contributed by atoms with E-state index >= 15 is 0 Å². The van der Waals surface area contributed by atoms with Gasteiger partial charge in [-0.25, -0.2) is 4.68 Å². The van der Waals surface area contributed by atoms with Crippen molar-refractivity contribution in [1.29, 1.82) is 0 Å². The number of ether oxygens (including phenoxy) is 2. The molecule has 8 nitrogen and oxygen atoms in total. The van der Waals surface area contributed by atoms with Crippen LogP contribution in [0.2, 0.25) is 5.02 Å². The molecule has 3 N–H and O–H groups in total. The minimum atomic E-state index is -0.651. The maximum atomic E-state index is 12.7. The number of amides is 2. The van der Waals surface area contributed by atoms with Gasteiger partial charge in [-0.2, -0.15) is 5.10 Å². The number of hydrogen-bond acceptors (Lipinski definition) is 5. The summed E-state index contributed by atoms with van der Waals surface area (Å²) in [6.45, 7) is 3.80. The van der Waals surface area contributed by atoms with Crippen molar-refractivity contribution < 1.29 is 19.1 Å². The van der Waals surface area contributed by atoms with Crippen LogP contribution in [-0.4, -0.2) is 35.3 Å². The molecule has 0 saturated heterocycles. The third kappa shape index (κ3) is 4.97. The second kappa shape index (κ2) is 9.53. The number of carbonyl (C=O) groups excluding carboxylic acids is 2. The molecular weight excluding hydrogens is 420 g/mol. The standard InChI is InChI=1S/C22H23ClN4O4/c1-13-17(14(2)27(26-13)16-7-5-4-6-8-16)11-25-22(29)15-9-18(23)21(19(10-15)30-3)31-12-20(24)28/h4-10H,11-12H2,1-3H3,(H2,24,28)(H,25,29). The molecule has 0 fully saturated rings. The smallest absolute Gasteiger partial charge is 0.255 e. The molecule has 1 aromatic heterocycles. The lowest BCUT2D eigenvalue weighted by molar-refractivity contribution is -0.119. The van der Waals surface area contributed by atoms with Crippen LogP contribution in [0.4, 0.5) is 0 Å². The first-order valence-corrected chi connectivity index (χ1v) is 9.87. The molecule has 0 aliphatic carbocycles. The minimum Gasteiger partial charge on any atom is -0.493 e. The van der Waals surface area contributed by atoms with Gasteiger partial charge < -0.3 is 20.5 Å². The average molecular weight is 443 g/mol. The van der Waals surface area contributed by atoms with Gasteiger partial charge in [0.25, 0.3) is 11.8 Å². The van der Waals surface area contributed by atoms with E-state index in [0.29, 0.717) is 12.1 Å².